The molecule has 9 nitrogen and oxygen atoms in total. The van der Waals surface area contributed by atoms with Gasteiger partial charge in [0.1, 0.15) is 18.8 Å². The number of carbonyl (C=O) groups is 2. The summed E-state index contributed by atoms with van der Waals surface area (Å²) in [7, 11) is 1.18. The smallest absolute Gasteiger partial charge is 0.331 e. The van der Waals surface area contributed by atoms with Crippen LogP contribution in [-0.4, -0.2) is 95.0 Å². The van der Waals surface area contributed by atoms with Crippen molar-refractivity contribution in [2.75, 3.05) is 33.4 Å². The van der Waals surface area contributed by atoms with Gasteiger partial charge in [-0.3, -0.25) is 4.90 Å². The Bertz CT molecular complexity index is 413. The molecule has 1 saturated heterocycles. The van der Waals surface area contributed by atoms with E-state index in [0.29, 0.717) is 0 Å². The fraction of sp³-hybridized carbons (Fsp3) is 0.692. The van der Waals surface area contributed by atoms with Crippen LogP contribution in [0.5, 0.6) is 0 Å². The molecule has 0 saturated carbocycles. The third kappa shape index (κ3) is 5.04. The lowest BCUT2D eigenvalue weighted by Gasteiger charge is -2.42. The number of piperidine rings is 1. The molecule has 4 atom stereocenters. The van der Waals surface area contributed by atoms with Crippen LogP contribution in [0.2, 0.25) is 0 Å². The lowest BCUT2D eigenvalue weighted by Crippen LogP contribution is -2.62. The van der Waals surface area contributed by atoms with Crippen LogP contribution >= 0.6 is 0 Å². The van der Waals surface area contributed by atoms with Crippen molar-refractivity contribution in [2.45, 2.75) is 24.4 Å². The number of aliphatic hydroxyl groups excluding tert-OH is 4. The van der Waals surface area contributed by atoms with Crippen LogP contribution in [-0.2, 0) is 19.1 Å². The van der Waals surface area contributed by atoms with Crippen molar-refractivity contribution in [3.63, 3.8) is 0 Å². The van der Waals surface area contributed by atoms with Crippen LogP contribution in [0.25, 0.3) is 0 Å². The molecule has 1 rings (SSSR count). The molecule has 0 unspecified atom stereocenters. The van der Waals surface area contributed by atoms with Crippen LogP contribution in [0.3, 0.4) is 0 Å². The number of aliphatic hydroxyl groups is 4. The molecule has 0 amide bonds. The Morgan fingerprint density at radius 3 is 2.41 bits per heavy atom. The first-order chi connectivity index (χ1) is 10.4. The molecule has 1 heterocycles. The molecule has 126 valence electrons. The summed E-state index contributed by atoms with van der Waals surface area (Å²) in [5.41, 5.74) is 0. The molecule has 22 heavy (non-hydrogen) atoms. The molecule has 1 aliphatic heterocycles. The summed E-state index contributed by atoms with van der Waals surface area (Å²) < 4.78 is 9.16. The molecule has 0 aromatic rings. The number of hydrogen-bond acceptors (Lipinski definition) is 9. The quantitative estimate of drug-likeness (QED) is 0.298. The predicted molar refractivity (Wildman–Crippen MR) is 72.6 cm³/mol. The fourth-order valence-corrected chi connectivity index (χ4v) is 2.15. The van der Waals surface area contributed by atoms with Gasteiger partial charge in [-0.2, -0.15) is 0 Å². The van der Waals surface area contributed by atoms with Crippen molar-refractivity contribution in [2.24, 2.45) is 0 Å². The van der Waals surface area contributed by atoms with E-state index in [0.717, 1.165) is 12.2 Å². The van der Waals surface area contributed by atoms with Gasteiger partial charge < -0.3 is 29.9 Å². The van der Waals surface area contributed by atoms with E-state index in [-0.39, 0.29) is 19.7 Å². The summed E-state index contributed by atoms with van der Waals surface area (Å²) in [6, 6.07) is -0.761. The summed E-state index contributed by atoms with van der Waals surface area (Å²) in [5, 5.41) is 38.2. The minimum absolute atomic E-state index is 0.0268. The van der Waals surface area contributed by atoms with E-state index in [1.165, 1.54) is 12.0 Å². The van der Waals surface area contributed by atoms with E-state index < -0.39 is 42.9 Å². The van der Waals surface area contributed by atoms with Crippen LogP contribution in [0.4, 0.5) is 0 Å². The van der Waals surface area contributed by atoms with Crippen molar-refractivity contribution in [3.8, 4) is 0 Å². The van der Waals surface area contributed by atoms with Gasteiger partial charge in [-0.1, -0.05) is 0 Å². The molecule has 0 aromatic carbocycles. The second-order valence-corrected chi connectivity index (χ2v) is 4.82. The largest absolute Gasteiger partial charge is 0.466 e. The van der Waals surface area contributed by atoms with E-state index in [9.17, 15) is 30.0 Å². The maximum Gasteiger partial charge on any atom is 0.331 e. The molecule has 0 aliphatic carbocycles. The topological polar surface area (TPSA) is 137 Å². The molecule has 1 aliphatic rings. The van der Waals surface area contributed by atoms with Crippen LogP contribution in [0.1, 0.15) is 0 Å². The Labute approximate surface area is 127 Å². The Kier molecular flexibility index (Phi) is 7.42. The maximum absolute atomic E-state index is 11.3. The van der Waals surface area contributed by atoms with Gasteiger partial charge in [-0.25, -0.2) is 9.59 Å². The van der Waals surface area contributed by atoms with E-state index >= 15 is 0 Å². The average molecular weight is 319 g/mol. The summed E-state index contributed by atoms with van der Waals surface area (Å²) in [6.07, 6.45) is -1.96. The highest BCUT2D eigenvalue weighted by atomic mass is 16.5. The number of carbonyl (C=O) groups excluding carboxylic acids is 2. The SMILES string of the molecule is COC(=O)C=CC(=O)OCCN1C[C@H](O)[C@@H](O)[C@H](O)[C@H]1CO. The predicted octanol–water partition coefficient (Wildman–Crippen LogP) is -2.98. The lowest BCUT2D eigenvalue weighted by molar-refractivity contribution is -0.152. The molecule has 9 heteroatoms. The molecule has 1 fully saturated rings. The zero-order valence-electron chi connectivity index (χ0n) is 12.2. The molecule has 0 spiro atoms. The highest BCUT2D eigenvalue weighted by Crippen LogP contribution is 2.18. The number of methoxy groups -OCH3 is 1. The Hall–Kier alpha value is -1.52. The van der Waals surface area contributed by atoms with Crippen LogP contribution in [0, 0.1) is 0 Å². The summed E-state index contributed by atoms with van der Waals surface area (Å²) in [6.45, 7) is -0.319. The number of likely N-dealkylation sites (tertiary alicyclic amines) is 1. The lowest BCUT2D eigenvalue weighted by atomic mass is 9.94. The van der Waals surface area contributed by atoms with Crippen molar-refractivity contribution in [3.05, 3.63) is 12.2 Å². The van der Waals surface area contributed by atoms with E-state index in [4.69, 9.17) is 4.74 Å². The van der Waals surface area contributed by atoms with Gasteiger partial charge in [0.15, 0.2) is 0 Å². The van der Waals surface area contributed by atoms with Gasteiger partial charge in [0.25, 0.3) is 0 Å². The Morgan fingerprint density at radius 2 is 1.82 bits per heavy atom. The first kappa shape index (κ1) is 18.5. The second-order valence-electron chi connectivity index (χ2n) is 4.82. The van der Waals surface area contributed by atoms with Crippen molar-refractivity contribution < 1.29 is 39.5 Å². The van der Waals surface area contributed by atoms with Gasteiger partial charge in [-0.15, -0.1) is 0 Å². The Morgan fingerprint density at radius 1 is 1.18 bits per heavy atom. The number of hydrogen-bond donors (Lipinski definition) is 4. The summed E-state index contributed by atoms with van der Waals surface area (Å²) >= 11 is 0. The van der Waals surface area contributed by atoms with Crippen LogP contribution < -0.4 is 0 Å². The highest BCUT2D eigenvalue weighted by Gasteiger charge is 2.40. The second kappa shape index (κ2) is 8.81. The van der Waals surface area contributed by atoms with E-state index in [2.05, 4.69) is 4.74 Å². The molecule has 0 bridgehead atoms. The van der Waals surface area contributed by atoms with Gasteiger partial charge >= 0.3 is 11.9 Å². The average Bonchev–Trinajstić information content (AvgIpc) is 2.50. The van der Waals surface area contributed by atoms with E-state index in [1.54, 1.807) is 0 Å². The highest BCUT2D eigenvalue weighted by molar-refractivity contribution is 5.91. The third-order valence-corrected chi connectivity index (χ3v) is 3.40. The summed E-state index contributed by atoms with van der Waals surface area (Å²) in [5.74, 6) is -1.43. The Balaban J connectivity index is 2.44. The third-order valence-electron chi connectivity index (χ3n) is 3.40. The van der Waals surface area contributed by atoms with Crippen LogP contribution in [0.15, 0.2) is 12.2 Å². The number of ether oxygens (including phenoxy) is 2. The first-order valence-corrected chi connectivity index (χ1v) is 6.72. The van der Waals surface area contributed by atoms with Crippen molar-refractivity contribution >= 4 is 11.9 Å². The minimum atomic E-state index is -1.33. The molecule has 0 aromatic heterocycles. The minimum Gasteiger partial charge on any atom is -0.466 e. The number of esters is 2. The van der Waals surface area contributed by atoms with Gasteiger partial charge in [-0.05, 0) is 0 Å². The normalized spacial score (nSPS) is 29.5. The number of rotatable bonds is 6. The summed E-state index contributed by atoms with van der Waals surface area (Å²) in [4.78, 5) is 23.6. The molecular weight excluding hydrogens is 298 g/mol. The zero-order chi connectivity index (χ0) is 16.7. The van der Waals surface area contributed by atoms with Gasteiger partial charge in [0.2, 0.25) is 0 Å². The molecule has 4 N–H and O–H groups in total. The molecular formula is C13H21NO8. The van der Waals surface area contributed by atoms with Crippen molar-refractivity contribution in [1.82, 2.24) is 4.90 Å². The zero-order valence-corrected chi connectivity index (χ0v) is 12.2. The van der Waals surface area contributed by atoms with Gasteiger partial charge in [0.05, 0.1) is 25.9 Å². The molecule has 0 radical (unpaired) electrons. The van der Waals surface area contributed by atoms with E-state index in [1.807, 2.05) is 0 Å². The number of nitrogens with zero attached hydrogens (tertiary/aromatic N) is 1. The maximum atomic E-state index is 11.3. The standard InChI is InChI=1S/C13H21NO8/c1-21-10(17)2-3-11(18)22-5-4-14-6-9(16)13(20)12(19)8(14)7-15/h2-3,8-9,12-13,15-16,19-20H,4-7H2,1H3/t8-,9+,12-,13-/m1/s1. The monoisotopic (exact) mass is 319 g/mol. The first-order valence-electron chi connectivity index (χ1n) is 6.72. The van der Waals surface area contributed by atoms with Gasteiger partial charge in [0, 0.05) is 25.2 Å². The fourth-order valence-electron chi connectivity index (χ4n) is 2.15. The number of β-amino-alcohol motifs (C(OH)–C–C–N with tert-alkyl or cyclic N) is 1. The van der Waals surface area contributed by atoms with Crippen molar-refractivity contribution in [1.29, 1.82) is 0 Å².